The van der Waals surface area contributed by atoms with Crippen LogP contribution in [0, 0.1) is 5.82 Å². The average Bonchev–Trinajstić information content (AvgIpc) is 2.65. The van der Waals surface area contributed by atoms with Gasteiger partial charge in [0.1, 0.15) is 11.6 Å². The number of aromatic nitrogens is 2. The predicted octanol–water partition coefficient (Wildman–Crippen LogP) is 4.40. The Bertz CT molecular complexity index is 912. The molecule has 0 bridgehead atoms. The largest absolute Gasteiger partial charge is 0.489 e. The van der Waals surface area contributed by atoms with Gasteiger partial charge >= 0.3 is 0 Å². The summed E-state index contributed by atoms with van der Waals surface area (Å²) in [5, 5.41) is 5.74. The summed E-state index contributed by atoms with van der Waals surface area (Å²) in [5.41, 5.74) is 1.53. The van der Waals surface area contributed by atoms with E-state index in [2.05, 4.69) is 20.6 Å². The SMILES string of the molecule is CC(C)Oc1ccccc1NC(=O)c1cnc(Nc2ccc(F)cc2)nc1. The molecule has 2 aromatic carbocycles. The van der Waals surface area contributed by atoms with Gasteiger partial charge in [-0.15, -0.1) is 0 Å². The van der Waals surface area contributed by atoms with Crippen molar-refractivity contribution in [2.24, 2.45) is 0 Å². The van der Waals surface area contributed by atoms with Gasteiger partial charge in [-0.2, -0.15) is 0 Å². The first-order chi connectivity index (χ1) is 13.0. The topological polar surface area (TPSA) is 76.1 Å². The second-order valence-electron chi connectivity index (χ2n) is 6.04. The van der Waals surface area contributed by atoms with E-state index in [-0.39, 0.29) is 17.8 Å². The molecule has 1 amide bonds. The smallest absolute Gasteiger partial charge is 0.258 e. The molecule has 0 aliphatic carbocycles. The maximum absolute atomic E-state index is 12.9. The molecule has 0 aliphatic heterocycles. The molecule has 0 spiro atoms. The molecule has 1 aromatic heterocycles. The highest BCUT2D eigenvalue weighted by Crippen LogP contribution is 2.25. The van der Waals surface area contributed by atoms with E-state index >= 15 is 0 Å². The number of carbonyl (C=O) groups is 1. The third kappa shape index (κ3) is 5.01. The molecule has 3 rings (SSSR count). The van der Waals surface area contributed by atoms with Crippen molar-refractivity contribution in [1.29, 1.82) is 0 Å². The molecule has 7 heteroatoms. The van der Waals surface area contributed by atoms with Gasteiger partial charge in [0.25, 0.3) is 5.91 Å². The van der Waals surface area contributed by atoms with Gasteiger partial charge in [0.05, 0.1) is 17.4 Å². The standard InChI is InChI=1S/C20H19FN4O2/c1-13(2)27-18-6-4-3-5-17(18)25-19(26)14-11-22-20(23-12-14)24-16-9-7-15(21)8-10-16/h3-13H,1-2H3,(H,25,26)(H,22,23,24). The fourth-order valence-electron chi connectivity index (χ4n) is 2.29. The number of para-hydroxylation sites is 2. The van der Waals surface area contributed by atoms with Crippen LogP contribution in [0.2, 0.25) is 0 Å². The summed E-state index contributed by atoms with van der Waals surface area (Å²) in [6.07, 6.45) is 2.82. The fourth-order valence-corrected chi connectivity index (χ4v) is 2.29. The number of amides is 1. The number of nitrogens with zero attached hydrogens (tertiary/aromatic N) is 2. The number of rotatable bonds is 6. The van der Waals surface area contributed by atoms with Crippen molar-refractivity contribution in [3.63, 3.8) is 0 Å². The molecule has 0 aliphatic rings. The van der Waals surface area contributed by atoms with Crippen molar-refractivity contribution >= 4 is 23.2 Å². The Kier molecular flexibility index (Phi) is 5.61. The van der Waals surface area contributed by atoms with Crippen LogP contribution in [0.5, 0.6) is 5.75 Å². The lowest BCUT2D eigenvalue weighted by molar-refractivity contribution is 0.102. The zero-order valence-electron chi connectivity index (χ0n) is 14.9. The number of hydrogen-bond donors (Lipinski definition) is 2. The summed E-state index contributed by atoms with van der Waals surface area (Å²) >= 11 is 0. The van der Waals surface area contributed by atoms with Crippen LogP contribution in [0.15, 0.2) is 60.9 Å². The lowest BCUT2D eigenvalue weighted by Gasteiger charge is -2.14. The normalized spacial score (nSPS) is 10.5. The number of carbonyl (C=O) groups excluding carboxylic acids is 1. The number of anilines is 3. The molecule has 6 nitrogen and oxygen atoms in total. The molecule has 2 N–H and O–H groups in total. The van der Waals surface area contributed by atoms with Gasteiger partial charge in [0.15, 0.2) is 0 Å². The van der Waals surface area contributed by atoms with Gasteiger partial charge < -0.3 is 15.4 Å². The Labute approximate surface area is 156 Å². The molecular formula is C20H19FN4O2. The highest BCUT2D eigenvalue weighted by molar-refractivity contribution is 6.04. The van der Waals surface area contributed by atoms with Gasteiger partial charge in [0.2, 0.25) is 5.95 Å². The lowest BCUT2D eigenvalue weighted by Crippen LogP contribution is -2.15. The van der Waals surface area contributed by atoms with E-state index < -0.39 is 0 Å². The van der Waals surface area contributed by atoms with Crippen molar-refractivity contribution in [2.45, 2.75) is 20.0 Å². The Morgan fingerprint density at radius 3 is 2.37 bits per heavy atom. The average molecular weight is 366 g/mol. The highest BCUT2D eigenvalue weighted by Gasteiger charge is 2.12. The van der Waals surface area contributed by atoms with Gasteiger partial charge in [-0.05, 0) is 50.2 Å². The Morgan fingerprint density at radius 2 is 1.70 bits per heavy atom. The molecule has 0 saturated heterocycles. The van der Waals surface area contributed by atoms with E-state index in [0.717, 1.165) is 0 Å². The van der Waals surface area contributed by atoms with Crippen LogP contribution >= 0.6 is 0 Å². The molecule has 0 atom stereocenters. The second-order valence-corrected chi connectivity index (χ2v) is 6.04. The summed E-state index contributed by atoms with van der Waals surface area (Å²) in [6.45, 7) is 3.83. The summed E-state index contributed by atoms with van der Waals surface area (Å²) in [6, 6.07) is 13.0. The van der Waals surface area contributed by atoms with Crippen LogP contribution in [0.3, 0.4) is 0 Å². The first-order valence-electron chi connectivity index (χ1n) is 8.43. The van der Waals surface area contributed by atoms with Crippen LogP contribution in [-0.2, 0) is 0 Å². The summed E-state index contributed by atoms with van der Waals surface area (Å²) in [7, 11) is 0. The predicted molar refractivity (Wildman–Crippen MR) is 102 cm³/mol. The van der Waals surface area contributed by atoms with E-state index in [0.29, 0.717) is 28.6 Å². The molecule has 3 aromatic rings. The number of halogens is 1. The van der Waals surface area contributed by atoms with E-state index in [4.69, 9.17) is 4.74 Å². The highest BCUT2D eigenvalue weighted by atomic mass is 19.1. The van der Waals surface area contributed by atoms with Crippen molar-refractivity contribution in [1.82, 2.24) is 9.97 Å². The van der Waals surface area contributed by atoms with Crippen LogP contribution < -0.4 is 15.4 Å². The third-order valence-electron chi connectivity index (χ3n) is 3.51. The quantitative estimate of drug-likeness (QED) is 0.676. The monoisotopic (exact) mass is 366 g/mol. The van der Waals surface area contributed by atoms with Crippen LogP contribution in [0.1, 0.15) is 24.2 Å². The van der Waals surface area contributed by atoms with E-state index in [1.165, 1.54) is 24.5 Å². The number of nitrogens with one attached hydrogen (secondary N) is 2. The minimum Gasteiger partial charge on any atom is -0.489 e. The Balaban J connectivity index is 1.68. The van der Waals surface area contributed by atoms with Crippen molar-refractivity contribution < 1.29 is 13.9 Å². The van der Waals surface area contributed by atoms with Crippen LogP contribution in [0.25, 0.3) is 0 Å². The minimum atomic E-state index is -0.344. The van der Waals surface area contributed by atoms with Crippen LogP contribution in [0.4, 0.5) is 21.7 Å². The molecule has 138 valence electrons. The van der Waals surface area contributed by atoms with Crippen molar-refractivity contribution in [2.75, 3.05) is 10.6 Å². The summed E-state index contributed by atoms with van der Waals surface area (Å²) in [4.78, 5) is 20.7. The zero-order chi connectivity index (χ0) is 19.2. The van der Waals surface area contributed by atoms with Crippen molar-refractivity contribution in [3.05, 3.63) is 72.3 Å². The minimum absolute atomic E-state index is 0.0109. The Hall–Kier alpha value is -3.48. The van der Waals surface area contributed by atoms with Gasteiger partial charge in [-0.3, -0.25) is 4.79 Å². The Morgan fingerprint density at radius 1 is 1.04 bits per heavy atom. The molecule has 0 saturated carbocycles. The fraction of sp³-hybridized carbons (Fsp3) is 0.150. The molecule has 0 radical (unpaired) electrons. The summed E-state index contributed by atoms with van der Waals surface area (Å²) in [5.74, 6) is 0.233. The van der Waals surface area contributed by atoms with E-state index in [9.17, 15) is 9.18 Å². The zero-order valence-corrected chi connectivity index (χ0v) is 14.9. The third-order valence-corrected chi connectivity index (χ3v) is 3.51. The molecule has 27 heavy (non-hydrogen) atoms. The summed E-state index contributed by atoms with van der Waals surface area (Å²) < 4.78 is 18.6. The second kappa shape index (κ2) is 8.27. The first kappa shape index (κ1) is 18.3. The molecule has 0 fully saturated rings. The lowest BCUT2D eigenvalue weighted by atomic mass is 10.2. The van der Waals surface area contributed by atoms with E-state index in [1.54, 1.807) is 24.3 Å². The number of ether oxygens (including phenoxy) is 1. The molecule has 0 unspecified atom stereocenters. The maximum Gasteiger partial charge on any atom is 0.258 e. The van der Waals surface area contributed by atoms with Crippen LogP contribution in [-0.4, -0.2) is 22.0 Å². The van der Waals surface area contributed by atoms with Gasteiger partial charge in [-0.25, -0.2) is 14.4 Å². The molecular weight excluding hydrogens is 347 g/mol. The number of hydrogen-bond acceptors (Lipinski definition) is 5. The maximum atomic E-state index is 12.9. The first-order valence-corrected chi connectivity index (χ1v) is 8.43. The van der Waals surface area contributed by atoms with E-state index in [1.807, 2.05) is 26.0 Å². The number of benzene rings is 2. The van der Waals surface area contributed by atoms with Crippen molar-refractivity contribution in [3.8, 4) is 5.75 Å². The molecule has 1 heterocycles. The van der Waals surface area contributed by atoms with Gasteiger partial charge in [0, 0.05) is 18.1 Å². The van der Waals surface area contributed by atoms with Gasteiger partial charge in [-0.1, -0.05) is 12.1 Å².